The van der Waals surface area contributed by atoms with Crippen molar-refractivity contribution in [1.82, 2.24) is 4.90 Å². The number of hydrogen-bond acceptors (Lipinski definition) is 2. The third kappa shape index (κ3) is 0.555. The van der Waals surface area contributed by atoms with Crippen molar-refractivity contribution in [3.8, 4) is 0 Å². The third-order valence-corrected chi connectivity index (χ3v) is 2.21. The number of aliphatic hydroxyl groups is 1. The van der Waals surface area contributed by atoms with E-state index in [0.717, 1.165) is 6.42 Å². The van der Waals surface area contributed by atoms with E-state index in [4.69, 9.17) is 5.11 Å². The van der Waals surface area contributed by atoms with E-state index in [0.29, 0.717) is 0 Å². The van der Waals surface area contributed by atoms with Gasteiger partial charge in [-0.05, 0) is 6.42 Å². The molecule has 0 aromatic carbocycles. The Bertz CT molecular complexity index is 200. The molecule has 3 heteroatoms. The SMILES string of the molecule is O=C1[C@H]2C=C[C@@H](C2)N1CO. The van der Waals surface area contributed by atoms with Gasteiger partial charge in [-0.3, -0.25) is 4.79 Å². The number of carbonyl (C=O) groups is 1. The molecule has 1 aliphatic carbocycles. The predicted molar refractivity (Wildman–Crippen MR) is 35.0 cm³/mol. The summed E-state index contributed by atoms with van der Waals surface area (Å²) in [7, 11) is 0. The normalized spacial score (nSPS) is 36.1. The number of hydrogen-bond donors (Lipinski definition) is 1. The summed E-state index contributed by atoms with van der Waals surface area (Å²) in [5.41, 5.74) is 0. The molecule has 0 saturated carbocycles. The molecule has 10 heavy (non-hydrogen) atoms. The van der Waals surface area contributed by atoms with Gasteiger partial charge in [0.15, 0.2) is 0 Å². The van der Waals surface area contributed by atoms with Crippen molar-refractivity contribution in [2.24, 2.45) is 5.92 Å². The van der Waals surface area contributed by atoms with Gasteiger partial charge in [0.1, 0.15) is 6.73 Å². The summed E-state index contributed by atoms with van der Waals surface area (Å²) in [6.07, 6.45) is 4.79. The summed E-state index contributed by atoms with van der Waals surface area (Å²) >= 11 is 0. The van der Waals surface area contributed by atoms with Crippen molar-refractivity contribution < 1.29 is 9.90 Å². The van der Waals surface area contributed by atoms with Gasteiger partial charge in [0.2, 0.25) is 5.91 Å². The highest BCUT2D eigenvalue weighted by Crippen LogP contribution is 2.31. The summed E-state index contributed by atoms with van der Waals surface area (Å²) in [6, 6.07) is 0.183. The topological polar surface area (TPSA) is 40.5 Å². The zero-order valence-electron chi connectivity index (χ0n) is 5.53. The Kier molecular flexibility index (Phi) is 1.08. The van der Waals surface area contributed by atoms with Crippen LogP contribution in [0.25, 0.3) is 0 Å². The van der Waals surface area contributed by atoms with Crippen LogP contribution >= 0.6 is 0 Å². The van der Waals surface area contributed by atoms with Gasteiger partial charge in [0, 0.05) is 0 Å². The van der Waals surface area contributed by atoms with Crippen LogP contribution in [0.1, 0.15) is 6.42 Å². The molecule has 1 aliphatic heterocycles. The van der Waals surface area contributed by atoms with Crippen LogP contribution in [0.15, 0.2) is 12.2 Å². The zero-order valence-corrected chi connectivity index (χ0v) is 5.53. The summed E-state index contributed by atoms with van der Waals surface area (Å²) in [4.78, 5) is 12.6. The highest BCUT2D eigenvalue weighted by molar-refractivity contribution is 5.85. The first kappa shape index (κ1) is 5.92. The molecule has 2 atom stereocenters. The van der Waals surface area contributed by atoms with Crippen LogP contribution < -0.4 is 0 Å². The molecule has 0 unspecified atom stereocenters. The first-order chi connectivity index (χ1) is 4.83. The summed E-state index contributed by atoms with van der Waals surface area (Å²) in [6.45, 7) is -0.135. The number of carbonyl (C=O) groups excluding carboxylic acids is 1. The molecular formula is C7H9NO2. The standard InChI is InChI=1S/C7H9NO2/c9-4-8-6-2-1-5(3-6)7(8)10/h1-2,5-6,9H,3-4H2/t5-,6-/m0/s1. The van der Waals surface area contributed by atoms with Gasteiger partial charge in [-0.15, -0.1) is 0 Å². The Morgan fingerprint density at radius 2 is 2.50 bits per heavy atom. The zero-order chi connectivity index (χ0) is 7.14. The van der Waals surface area contributed by atoms with Gasteiger partial charge in [-0.2, -0.15) is 0 Å². The molecule has 0 aromatic heterocycles. The first-order valence-electron chi connectivity index (χ1n) is 3.42. The quantitative estimate of drug-likeness (QED) is 0.508. The van der Waals surface area contributed by atoms with Crippen LogP contribution in [0.3, 0.4) is 0 Å². The Hall–Kier alpha value is -0.830. The van der Waals surface area contributed by atoms with E-state index in [1.807, 2.05) is 12.2 Å². The smallest absolute Gasteiger partial charge is 0.231 e. The lowest BCUT2D eigenvalue weighted by atomic mass is 10.1. The maximum atomic E-state index is 11.1. The van der Waals surface area contributed by atoms with Crippen molar-refractivity contribution >= 4 is 5.91 Å². The van der Waals surface area contributed by atoms with Gasteiger partial charge >= 0.3 is 0 Å². The van der Waals surface area contributed by atoms with Gasteiger partial charge < -0.3 is 10.0 Å². The largest absolute Gasteiger partial charge is 0.376 e. The highest BCUT2D eigenvalue weighted by atomic mass is 16.3. The van der Waals surface area contributed by atoms with E-state index < -0.39 is 0 Å². The summed E-state index contributed by atoms with van der Waals surface area (Å²) in [5, 5.41) is 8.73. The lowest BCUT2D eigenvalue weighted by Crippen LogP contribution is -2.35. The van der Waals surface area contributed by atoms with E-state index in [1.54, 1.807) is 0 Å². The number of likely N-dealkylation sites (tertiary alicyclic amines) is 1. The molecule has 1 heterocycles. The maximum absolute atomic E-state index is 11.1. The van der Waals surface area contributed by atoms with Crippen LogP contribution in [0.4, 0.5) is 0 Å². The molecule has 2 aliphatic rings. The third-order valence-electron chi connectivity index (χ3n) is 2.21. The van der Waals surface area contributed by atoms with Crippen LogP contribution in [0.2, 0.25) is 0 Å². The number of aliphatic hydroxyl groups excluding tert-OH is 1. The van der Waals surface area contributed by atoms with E-state index in [-0.39, 0.29) is 24.6 Å². The Morgan fingerprint density at radius 3 is 2.90 bits per heavy atom. The number of rotatable bonds is 1. The molecular weight excluding hydrogens is 130 g/mol. The fourth-order valence-electron chi connectivity index (χ4n) is 1.64. The number of amides is 1. The second-order valence-electron chi connectivity index (χ2n) is 2.74. The predicted octanol–water partition coefficient (Wildman–Crippen LogP) is -0.277. The van der Waals surface area contributed by atoms with E-state index in [9.17, 15) is 4.79 Å². The van der Waals surface area contributed by atoms with Crippen molar-refractivity contribution in [2.75, 3.05) is 6.73 Å². The molecule has 1 saturated heterocycles. The lowest BCUT2D eigenvalue weighted by Gasteiger charge is -2.20. The van der Waals surface area contributed by atoms with Crippen molar-refractivity contribution in [2.45, 2.75) is 12.5 Å². The molecule has 0 aromatic rings. The fraction of sp³-hybridized carbons (Fsp3) is 0.571. The molecule has 1 fully saturated rings. The van der Waals surface area contributed by atoms with Crippen molar-refractivity contribution in [3.63, 3.8) is 0 Å². The molecule has 2 rings (SSSR count). The van der Waals surface area contributed by atoms with Crippen LogP contribution in [-0.4, -0.2) is 28.7 Å². The number of nitrogens with zero attached hydrogens (tertiary/aromatic N) is 1. The molecule has 0 spiro atoms. The van der Waals surface area contributed by atoms with Crippen LogP contribution in [-0.2, 0) is 4.79 Å². The van der Waals surface area contributed by atoms with E-state index in [2.05, 4.69) is 0 Å². The van der Waals surface area contributed by atoms with Crippen molar-refractivity contribution in [3.05, 3.63) is 12.2 Å². The highest BCUT2D eigenvalue weighted by Gasteiger charge is 2.40. The van der Waals surface area contributed by atoms with Crippen LogP contribution in [0.5, 0.6) is 0 Å². The second-order valence-corrected chi connectivity index (χ2v) is 2.74. The first-order valence-corrected chi connectivity index (χ1v) is 3.42. The molecule has 54 valence electrons. The lowest BCUT2D eigenvalue weighted by molar-refractivity contribution is -0.134. The fourth-order valence-corrected chi connectivity index (χ4v) is 1.64. The molecule has 1 N–H and O–H groups in total. The maximum Gasteiger partial charge on any atom is 0.231 e. The molecule has 0 radical (unpaired) electrons. The Balaban J connectivity index is 2.26. The molecule has 3 nitrogen and oxygen atoms in total. The monoisotopic (exact) mass is 139 g/mol. The Labute approximate surface area is 58.9 Å². The average Bonchev–Trinajstić information content (AvgIpc) is 2.46. The average molecular weight is 139 g/mol. The van der Waals surface area contributed by atoms with E-state index in [1.165, 1.54) is 4.90 Å². The van der Waals surface area contributed by atoms with Gasteiger partial charge in [0.05, 0.1) is 12.0 Å². The van der Waals surface area contributed by atoms with Gasteiger partial charge in [-0.1, -0.05) is 12.2 Å². The Morgan fingerprint density at radius 1 is 1.70 bits per heavy atom. The van der Waals surface area contributed by atoms with Crippen molar-refractivity contribution in [1.29, 1.82) is 0 Å². The summed E-state index contributed by atoms with van der Waals surface area (Å²) in [5.74, 6) is 0.146. The minimum Gasteiger partial charge on any atom is -0.376 e. The second kappa shape index (κ2) is 1.83. The van der Waals surface area contributed by atoms with Crippen LogP contribution in [0, 0.1) is 5.92 Å². The minimum atomic E-state index is -0.135. The number of fused-ring (bicyclic) bond motifs is 2. The minimum absolute atomic E-state index is 0.0668. The molecule has 2 bridgehead atoms. The summed E-state index contributed by atoms with van der Waals surface area (Å²) < 4.78 is 0. The molecule has 1 amide bonds. The van der Waals surface area contributed by atoms with Gasteiger partial charge in [0.25, 0.3) is 0 Å². The van der Waals surface area contributed by atoms with E-state index >= 15 is 0 Å². The van der Waals surface area contributed by atoms with Gasteiger partial charge in [-0.25, -0.2) is 0 Å².